The van der Waals surface area contributed by atoms with Gasteiger partial charge >= 0.3 is 0 Å². The molecule has 2 aliphatic rings. The van der Waals surface area contributed by atoms with Crippen LogP contribution in [0.4, 0.5) is 0 Å². The van der Waals surface area contributed by atoms with E-state index in [4.69, 9.17) is 0 Å². The smallest absolute Gasteiger partial charge is 0.223 e. The van der Waals surface area contributed by atoms with Crippen LogP contribution in [0.15, 0.2) is 33.6 Å². The van der Waals surface area contributed by atoms with Crippen LogP contribution in [0.1, 0.15) is 26.2 Å². The van der Waals surface area contributed by atoms with Crippen molar-refractivity contribution < 1.29 is 4.79 Å². The Balaban J connectivity index is 1.42. The highest BCUT2D eigenvalue weighted by atomic mass is 79.9. The third-order valence-corrected chi connectivity index (χ3v) is 6.46. The number of thioether (sulfide) groups is 1. The van der Waals surface area contributed by atoms with E-state index in [1.165, 1.54) is 4.90 Å². The van der Waals surface area contributed by atoms with E-state index in [-0.39, 0.29) is 11.8 Å². The molecule has 1 spiro atoms. The van der Waals surface area contributed by atoms with Crippen molar-refractivity contribution in [2.24, 2.45) is 11.3 Å². The number of amides is 1. The van der Waals surface area contributed by atoms with Gasteiger partial charge in [0.1, 0.15) is 0 Å². The molecule has 2 fully saturated rings. The SMILES string of the molecule is CC(CNC(=O)C1CC12CCNCC2)Sc1ccc(Br)cc1. The first-order chi connectivity index (χ1) is 10.6. The Morgan fingerprint density at radius 1 is 1.41 bits per heavy atom. The fourth-order valence-electron chi connectivity index (χ4n) is 3.35. The van der Waals surface area contributed by atoms with E-state index in [1.807, 2.05) is 11.8 Å². The Morgan fingerprint density at radius 3 is 2.77 bits per heavy atom. The summed E-state index contributed by atoms with van der Waals surface area (Å²) in [6.45, 7) is 5.05. The molecule has 1 heterocycles. The van der Waals surface area contributed by atoms with Crippen LogP contribution in [0.25, 0.3) is 0 Å². The van der Waals surface area contributed by atoms with Gasteiger partial charge in [0.15, 0.2) is 0 Å². The van der Waals surface area contributed by atoms with Crippen LogP contribution in [0.3, 0.4) is 0 Å². The summed E-state index contributed by atoms with van der Waals surface area (Å²) in [4.78, 5) is 13.6. The third-order valence-electron chi connectivity index (χ3n) is 4.82. The first-order valence-electron chi connectivity index (χ1n) is 8.00. The van der Waals surface area contributed by atoms with Crippen molar-refractivity contribution in [1.82, 2.24) is 10.6 Å². The Morgan fingerprint density at radius 2 is 2.09 bits per heavy atom. The number of rotatable bonds is 5. The average molecular weight is 383 g/mol. The van der Waals surface area contributed by atoms with Gasteiger partial charge in [-0.15, -0.1) is 11.8 Å². The molecule has 22 heavy (non-hydrogen) atoms. The Labute approximate surface area is 145 Å². The lowest BCUT2D eigenvalue weighted by atomic mass is 9.92. The van der Waals surface area contributed by atoms with E-state index >= 15 is 0 Å². The summed E-state index contributed by atoms with van der Waals surface area (Å²) in [5.41, 5.74) is 0.331. The zero-order chi connectivity index (χ0) is 15.6. The second-order valence-corrected chi connectivity index (χ2v) is 8.92. The predicted molar refractivity (Wildman–Crippen MR) is 95.1 cm³/mol. The van der Waals surface area contributed by atoms with Crippen molar-refractivity contribution in [3.63, 3.8) is 0 Å². The maximum Gasteiger partial charge on any atom is 0.223 e. The lowest BCUT2D eigenvalue weighted by Crippen LogP contribution is -2.35. The van der Waals surface area contributed by atoms with Crippen LogP contribution in [-0.2, 0) is 4.79 Å². The number of piperidine rings is 1. The summed E-state index contributed by atoms with van der Waals surface area (Å²) in [5, 5.41) is 6.92. The fourth-order valence-corrected chi connectivity index (χ4v) is 4.54. The number of nitrogens with one attached hydrogen (secondary N) is 2. The predicted octanol–water partition coefficient (Wildman–Crippen LogP) is 3.44. The topological polar surface area (TPSA) is 41.1 Å². The number of hydrogen-bond acceptors (Lipinski definition) is 3. The molecule has 3 nitrogen and oxygen atoms in total. The van der Waals surface area contributed by atoms with Gasteiger partial charge in [0.05, 0.1) is 0 Å². The average Bonchev–Trinajstić information content (AvgIpc) is 3.21. The highest BCUT2D eigenvalue weighted by molar-refractivity contribution is 9.10. The fraction of sp³-hybridized carbons (Fsp3) is 0.588. The van der Waals surface area contributed by atoms with E-state index in [0.717, 1.165) is 43.4 Å². The van der Waals surface area contributed by atoms with Crippen LogP contribution >= 0.6 is 27.7 Å². The van der Waals surface area contributed by atoms with Crippen molar-refractivity contribution >= 4 is 33.6 Å². The molecule has 1 aromatic rings. The maximum absolute atomic E-state index is 12.3. The van der Waals surface area contributed by atoms with Crippen molar-refractivity contribution in [3.05, 3.63) is 28.7 Å². The Bertz CT molecular complexity index is 528. The summed E-state index contributed by atoms with van der Waals surface area (Å²) in [5.74, 6) is 0.532. The van der Waals surface area contributed by atoms with Gasteiger partial charge in [-0.05, 0) is 62.0 Å². The summed E-state index contributed by atoms with van der Waals surface area (Å²) in [6, 6.07) is 8.33. The summed E-state index contributed by atoms with van der Waals surface area (Å²) >= 11 is 5.26. The maximum atomic E-state index is 12.3. The van der Waals surface area contributed by atoms with Crippen LogP contribution in [-0.4, -0.2) is 30.8 Å². The van der Waals surface area contributed by atoms with Crippen LogP contribution in [0, 0.1) is 11.3 Å². The quantitative estimate of drug-likeness (QED) is 0.766. The molecular weight excluding hydrogens is 360 g/mol. The van der Waals surface area contributed by atoms with E-state index in [2.05, 4.69) is 57.8 Å². The van der Waals surface area contributed by atoms with Gasteiger partial charge in [0, 0.05) is 27.1 Å². The van der Waals surface area contributed by atoms with E-state index < -0.39 is 0 Å². The highest BCUT2D eigenvalue weighted by Gasteiger charge is 2.57. The number of hydrogen-bond donors (Lipinski definition) is 2. The number of carbonyl (C=O) groups is 1. The van der Waals surface area contributed by atoms with Gasteiger partial charge in [-0.1, -0.05) is 22.9 Å². The lowest BCUT2D eigenvalue weighted by molar-refractivity contribution is -0.123. The molecule has 2 N–H and O–H groups in total. The standard InChI is InChI=1S/C17H23BrN2OS/c1-12(22-14-4-2-13(18)3-5-14)11-20-16(21)15-10-17(15)6-8-19-9-7-17/h2-5,12,15,19H,6-11H2,1H3,(H,20,21). The molecule has 1 aromatic carbocycles. The van der Waals surface area contributed by atoms with Crippen molar-refractivity contribution in [2.75, 3.05) is 19.6 Å². The molecule has 0 aromatic heterocycles. The molecule has 1 amide bonds. The molecule has 120 valence electrons. The van der Waals surface area contributed by atoms with Gasteiger partial charge in [-0.25, -0.2) is 0 Å². The van der Waals surface area contributed by atoms with Crippen LogP contribution in [0.2, 0.25) is 0 Å². The molecule has 1 aliphatic heterocycles. The van der Waals surface area contributed by atoms with Gasteiger partial charge in [0.2, 0.25) is 5.91 Å². The van der Waals surface area contributed by atoms with E-state index in [1.54, 1.807) is 0 Å². The molecule has 1 saturated carbocycles. The molecule has 1 saturated heterocycles. The summed E-state index contributed by atoms with van der Waals surface area (Å²) in [7, 11) is 0. The molecule has 0 bridgehead atoms. The number of halogens is 1. The zero-order valence-corrected chi connectivity index (χ0v) is 15.3. The van der Waals surface area contributed by atoms with E-state index in [9.17, 15) is 4.79 Å². The third kappa shape index (κ3) is 3.87. The minimum Gasteiger partial charge on any atom is -0.355 e. The Kier molecular flexibility index (Phi) is 5.15. The molecule has 0 radical (unpaired) electrons. The van der Waals surface area contributed by atoms with Gasteiger partial charge in [-0.3, -0.25) is 4.79 Å². The number of carbonyl (C=O) groups excluding carboxylic acids is 1. The highest BCUT2D eigenvalue weighted by Crippen LogP contribution is 2.58. The molecule has 2 atom stereocenters. The minimum absolute atomic E-state index is 0.263. The summed E-state index contributed by atoms with van der Waals surface area (Å²) < 4.78 is 1.10. The number of benzene rings is 1. The van der Waals surface area contributed by atoms with Crippen LogP contribution < -0.4 is 10.6 Å². The van der Waals surface area contributed by atoms with Gasteiger partial charge in [0.25, 0.3) is 0 Å². The largest absolute Gasteiger partial charge is 0.355 e. The summed E-state index contributed by atoms with van der Waals surface area (Å²) in [6.07, 6.45) is 3.41. The van der Waals surface area contributed by atoms with Crippen molar-refractivity contribution in [2.45, 2.75) is 36.3 Å². The second kappa shape index (κ2) is 6.93. The molecule has 2 unspecified atom stereocenters. The molecular formula is C17H23BrN2OS. The van der Waals surface area contributed by atoms with Crippen molar-refractivity contribution in [3.8, 4) is 0 Å². The molecule has 1 aliphatic carbocycles. The minimum atomic E-state index is 0.263. The zero-order valence-electron chi connectivity index (χ0n) is 12.9. The monoisotopic (exact) mass is 382 g/mol. The van der Waals surface area contributed by atoms with Gasteiger partial charge < -0.3 is 10.6 Å². The molecule has 5 heteroatoms. The lowest BCUT2D eigenvalue weighted by Gasteiger charge is -2.23. The van der Waals surface area contributed by atoms with Crippen molar-refractivity contribution in [1.29, 1.82) is 0 Å². The first-order valence-corrected chi connectivity index (χ1v) is 9.67. The van der Waals surface area contributed by atoms with Crippen LogP contribution in [0.5, 0.6) is 0 Å². The molecule has 3 rings (SSSR count). The van der Waals surface area contributed by atoms with E-state index in [0.29, 0.717) is 10.7 Å². The first kappa shape index (κ1) is 16.3. The van der Waals surface area contributed by atoms with Gasteiger partial charge in [-0.2, -0.15) is 0 Å². The normalized spacial score (nSPS) is 24.0. The second-order valence-electron chi connectivity index (χ2n) is 6.50. The Hall–Kier alpha value is -0.520.